The second kappa shape index (κ2) is 12.8. The molecule has 0 fully saturated rings. The van der Waals surface area contributed by atoms with Crippen LogP contribution in [0, 0.1) is 22.9 Å². The Morgan fingerprint density at radius 3 is 1.03 bits per heavy atom. The van der Waals surface area contributed by atoms with Crippen molar-refractivity contribution in [2.75, 3.05) is 14.2 Å². The minimum absolute atomic E-state index is 0.391. The van der Waals surface area contributed by atoms with Gasteiger partial charge in [0.15, 0.2) is 12.2 Å². The minimum Gasteiger partial charge on any atom is -0.497 e. The van der Waals surface area contributed by atoms with Gasteiger partial charge in [0.2, 0.25) is 0 Å². The van der Waals surface area contributed by atoms with Crippen molar-refractivity contribution < 1.29 is 18.9 Å². The lowest BCUT2D eigenvalue weighted by Gasteiger charge is -2.18. The molecule has 0 spiro atoms. The standard InChI is InChI=1S/C32H38O4Si2/c1-33-27-13-17-29(18-14-27)35-31(21-23-37(3,4)5)25-9-11-26(12-10-25)32(22-24-38(6,7)8)36-30-19-15-28(34-2)16-20-30/h9-20,31-32H,1-8H3. The summed E-state index contributed by atoms with van der Waals surface area (Å²) in [5.41, 5.74) is 8.90. The average molecular weight is 543 g/mol. The van der Waals surface area contributed by atoms with E-state index in [1.54, 1.807) is 14.2 Å². The van der Waals surface area contributed by atoms with E-state index < -0.39 is 28.4 Å². The van der Waals surface area contributed by atoms with Crippen LogP contribution >= 0.6 is 0 Å². The second-order valence-electron chi connectivity index (χ2n) is 11.1. The first-order valence-electron chi connectivity index (χ1n) is 12.7. The molecule has 0 heterocycles. The Balaban J connectivity index is 1.91. The zero-order valence-corrected chi connectivity index (χ0v) is 25.7. The van der Waals surface area contributed by atoms with E-state index in [0.717, 1.165) is 34.1 Å². The van der Waals surface area contributed by atoms with Gasteiger partial charge in [-0.05, 0) is 48.5 Å². The van der Waals surface area contributed by atoms with E-state index in [4.69, 9.17) is 18.9 Å². The highest BCUT2D eigenvalue weighted by Crippen LogP contribution is 2.28. The number of methoxy groups -OCH3 is 2. The van der Waals surface area contributed by atoms with Gasteiger partial charge in [0.1, 0.15) is 39.1 Å². The molecule has 0 N–H and O–H groups in total. The number of hydrogen-bond donors (Lipinski definition) is 0. The third-order valence-corrected chi connectivity index (χ3v) is 7.11. The fourth-order valence-electron chi connectivity index (χ4n) is 3.35. The van der Waals surface area contributed by atoms with Gasteiger partial charge in [-0.15, -0.1) is 11.1 Å². The predicted octanol–water partition coefficient (Wildman–Crippen LogP) is 7.71. The van der Waals surface area contributed by atoms with Crippen LogP contribution in [-0.4, -0.2) is 30.4 Å². The van der Waals surface area contributed by atoms with E-state index >= 15 is 0 Å². The van der Waals surface area contributed by atoms with Crippen molar-refractivity contribution in [3.05, 3.63) is 83.9 Å². The number of ether oxygens (including phenoxy) is 4. The molecule has 6 heteroatoms. The van der Waals surface area contributed by atoms with Gasteiger partial charge in [-0.3, -0.25) is 0 Å². The monoisotopic (exact) mass is 542 g/mol. The van der Waals surface area contributed by atoms with Crippen LogP contribution in [0.4, 0.5) is 0 Å². The summed E-state index contributed by atoms with van der Waals surface area (Å²) < 4.78 is 23.2. The van der Waals surface area contributed by atoms with Crippen molar-refractivity contribution in [2.24, 2.45) is 0 Å². The van der Waals surface area contributed by atoms with Gasteiger partial charge in [0.05, 0.1) is 14.2 Å². The third kappa shape index (κ3) is 9.37. The molecule has 3 aromatic rings. The van der Waals surface area contributed by atoms with E-state index in [1.807, 2.05) is 48.5 Å². The maximum atomic E-state index is 6.33. The number of benzene rings is 3. The topological polar surface area (TPSA) is 36.9 Å². The Bertz CT molecular complexity index is 1190. The van der Waals surface area contributed by atoms with Crippen LogP contribution in [-0.2, 0) is 0 Å². The van der Waals surface area contributed by atoms with Crippen LogP contribution in [0.15, 0.2) is 72.8 Å². The SMILES string of the molecule is COc1ccc(OC(C#C[Si](C)(C)C)c2ccc(C(C#C[Si](C)(C)C)Oc3ccc(OC)cc3)cc2)cc1. The van der Waals surface area contributed by atoms with E-state index in [0.29, 0.717) is 0 Å². The Labute approximate surface area is 230 Å². The normalized spacial score (nSPS) is 12.6. The molecule has 0 bridgehead atoms. The van der Waals surface area contributed by atoms with Crippen LogP contribution < -0.4 is 18.9 Å². The van der Waals surface area contributed by atoms with Crippen molar-refractivity contribution in [3.8, 4) is 45.9 Å². The summed E-state index contributed by atoms with van der Waals surface area (Å²) in [5.74, 6) is 9.84. The fourth-order valence-corrected chi connectivity index (χ4v) is 4.48. The summed E-state index contributed by atoms with van der Waals surface area (Å²) in [5, 5.41) is 0. The van der Waals surface area contributed by atoms with Crippen LogP contribution in [0.5, 0.6) is 23.0 Å². The first-order chi connectivity index (χ1) is 18.0. The molecule has 2 atom stereocenters. The van der Waals surface area contributed by atoms with Crippen molar-refractivity contribution in [2.45, 2.75) is 51.5 Å². The molecular formula is C32H38O4Si2. The lowest BCUT2D eigenvalue weighted by Crippen LogP contribution is -2.18. The maximum absolute atomic E-state index is 6.33. The molecule has 3 rings (SSSR count). The zero-order valence-electron chi connectivity index (χ0n) is 23.7. The minimum atomic E-state index is -1.60. The molecule has 4 nitrogen and oxygen atoms in total. The van der Waals surface area contributed by atoms with Crippen LogP contribution in [0.2, 0.25) is 39.3 Å². The summed E-state index contributed by atoms with van der Waals surface area (Å²) in [7, 11) is 0.110. The summed E-state index contributed by atoms with van der Waals surface area (Å²) >= 11 is 0. The quantitative estimate of drug-likeness (QED) is 0.216. The molecule has 0 aromatic heterocycles. The lowest BCUT2D eigenvalue weighted by atomic mass is 10.0. The summed E-state index contributed by atoms with van der Waals surface area (Å²) in [4.78, 5) is 0. The third-order valence-electron chi connectivity index (χ3n) is 5.33. The summed E-state index contributed by atoms with van der Waals surface area (Å²) in [6.07, 6.45) is -0.781. The molecule has 0 amide bonds. The largest absolute Gasteiger partial charge is 0.497 e. The highest BCUT2D eigenvalue weighted by molar-refractivity contribution is 6.84. The van der Waals surface area contributed by atoms with E-state index in [1.165, 1.54) is 0 Å². The fraction of sp³-hybridized carbons (Fsp3) is 0.312. The maximum Gasteiger partial charge on any atom is 0.183 e. The Kier molecular flexibility index (Phi) is 9.74. The van der Waals surface area contributed by atoms with Crippen molar-refractivity contribution >= 4 is 16.1 Å². The van der Waals surface area contributed by atoms with Gasteiger partial charge in [-0.1, -0.05) is 75.4 Å². The molecule has 0 aliphatic heterocycles. The smallest absolute Gasteiger partial charge is 0.183 e. The summed E-state index contributed by atoms with van der Waals surface area (Å²) in [6, 6.07) is 23.4. The molecule has 0 radical (unpaired) electrons. The van der Waals surface area contributed by atoms with Crippen LogP contribution in [0.3, 0.4) is 0 Å². The summed E-state index contributed by atoms with van der Waals surface area (Å²) in [6.45, 7) is 13.4. The molecule has 0 aliphatic carbocycles. The first-order valence-corrected chi connectivity index (χ1v) is 19.7. The second-order valence-corrected chi connectivity index (χ2v) is 20.6. The molecule has 3 aromatic carbocycles. The van der Waals surface area contributed by atoms with Gasteiger partial charge < -0.3 is 18.9 Å². The molecule has 38 heavy (non-hydrogen) atoms. The van der Waals surface area contributed by atoms with E-state index in [2.05, 4.69) is 86.5 Å². The first kappa shape index (κ1) is 29.0. The van der Waals surface area contributed by atoms with Crippen molar-refractivity contribution in [3.63, 3.8) is 0 Å². The Morgan fingerprint density at radius 1 is 0.474 bits per heavy atom. The van der Waals surface area contributed by atoms with Gasteiger partial charge in [0.25, 0.3) is 0 Å². The van der Waals surface area contributed by atoms with Crippen LogP contribution in [0.1, 0.15) is 23.3 Å². The van der Waals surface area contributed by atoms with Gasteiger partial charge in [-0.25, -0.2) is 0 Å². The number of rotatable bonds is 8. The predicted molar refractivity (Wildman–Crippen MR) is 161 cm³/mol. The van der Waals surface area contributed by atoms with Gasteiger partial charge in [-0.2, -0.15) is 0 Å². The average Bonchev–Trinajstić information content (AvgIpc) is 2.89. The van der Waals surface area contributed by atoms with Gasteiger partial charge >= 0.3 is 0 Å². The Hall–Kier alpha value is -3.59. The molecule has 198 valence electrons. The Morgan fingerprint density at radius 2 is 0.763 bits per heavy atom. The van der Waals surface area contributed by atoms with Crippen LogP contribution in [0.25, 0.3) is 0 Å². The molecule has 0 saturated heterocycles. The van der Waals surface area contributed by atoms with Crippen molar-refractivity contribution in [1.29, 1.82) is 0 Å². The highest BCUT2D eigenvalue weighted by Gasteiger charge is 2.17. The molecular weight excluding hydrogens is 505 g/mol. The van der Waals surface area contributed by atoms with E-state index in [9.17, 15) is 0 Å². The lowest BCUT2D eigenvalue weighted by molar-refractivity contribution is 0.261. The number of hydrogen-bond acceptors (Lipinski definition) is 4. The van der Waals surface area contributed by atoms with Gasteiger partial charge in [0, 0.05) is 11.1 Å². The molecule has 2 unspecified atom stereocenters. The zero-order chi connectivity index (χ0) is 27.8. The molecule has 0 aliphatic rings. The van der Waals surface area contributed by atoms with E-state index in [-0.39, 0.29) is 0 Å². The molecule has 0 saturated carbocycles. The van der Waals surface area contributed by atoms with Crippen molar-refractivity contribution in [1.82, 2.24) is 0 Å². The highest BCUT2D eigenvalue weighted by atomic mass is 28.3.